The Kier molecular flexibility index (Phi) is 2.26. The first kappa shape index (κ1) is 10.8. The fraction of sp³-hybridized carbons (Fsp3) is 0.385. The number of aromatic nitrogens is 1. The van der Waals surface area contributed by atoms with Gasteiger partial charge in [-0.2, -0.15) is 0 Å². The maximum absolute atomic E-state index is 10.0. The van der Waals surface area contributed by atoms with Gasteiger partial charge in [-0.25, -0.2) is 0 Å². The number of anilines is 1. The second-order valence-corrected chi connectivity index (χ2v) is 5.09. The molecule has 1 aromatic carbocycles. The number of nitrogens with one attached hydrogen (secondary N) is 1. The van der Waals surface area contributed by atoms with E-state index in [0.29, 0.717) is 17.5 Å². The maximum atomic E-state index is 10.0. The molecule has 0 unspecified atom stereocenters. The summed E-state index contributed by atoms with van der Waals surface area (Å²) in [6, 6.07) is 1.83. The summed E-state index contributed by atoms with van der Waals surface area (Å²) in [5, 5.41) is 11.2. The molecule has 1 aromatic heterocycles. The van der Waals surface area contributed by atoms with Crippen molar-refractivity contribution in [1.82, 2.24) is 4.98 Å². The number of hydrogen-bond acceptors (Lipinski definition) is 2. The van der Waals surface area contributed by atoms with Crippen LogP contribution in [0.2, 0.25) is 0 Å². The van der Waals surface area contributed by atoms with Crippen LogP contribution in [-0.2, 0) is 0 Å². The van der Waals surface area contributed by atoms with E-state index in [4.69, 9.17) is 11.6 Å². The number of rotatable bonds is 1. The summed E-state index contributed by atoms with van der Waals surface area (Å²) in [7, 11) is 2.04. The van der Waals surface area contributed by atoms with Gasteiger partial charge in [-0.3, -0.25) is 0 Å². The predicted molar refractivity (Wildman–Crippen MR) is 71.4 cm³/mol. The lowest BCUT2D eigenvalue weighted by atomic mass is 9.97. The van der Waals surface area contributed by atoms with Crippen molar-refractivity contribution in [3.63, 3.8) is 0 Å². The van der Waals surface area contributed by atoms with Gasteiger partial charge in [0.1, 0.15) is 5.75 Å². The van der Waals surface area contributed by atoms with Crippen LogP contribution in [-0.4, -0.2) is 29.6 Å². The van der Waals surface area contributed by atoms with E-state index in [9.17, 15) is 5.11 Å². The zero-order chi connectivity index (χ0) is 12.2. The molecule has 1 atom stereocenters. The highest BCUT2D eigenvalue weighted by Gasteiger charge is 2.30. The number of phenolic OH excluding ortho intramolecular Hbond substituents is 1. The van der Waals surface area contributed by atoms with Gasteiger partial charge < -0.3 is 15.0 Å². The molecule has 2 aromatic rings. The summed E-state index contributed by atoms with van der Waals surface area (Å²) < 4.78 is 0. The molecule has 3 rings (SSSR count). The Morgan fingerprint density at radius 2 is 2.35 bits per heavy atom. The molecule has 0 bridgehead atoms. The molecule has 1 aliphatic heterocycles. The average Bonchev–Trinajstić information content (AvgIpc) is 2.82. The Hall–Kier alpha value is -1.35. The van der Waals surface area contributed by atoms with Gasteiger partial charge in [-0.1, -0.05) is 0 Å². The number of alkyl halides is 1. The van der Waals surface area contributed by atoms with Crippen molar-refractivity contribution in [1.29, 1.82) is 0 Å². The van der Waals surface area contributed by atoms with Crippen molar-refractivity contribution in [2.24, 2.45) is 0 Å². The molecule has 3 nitrogen and oxygen atoms in total. The molecule has 0 amide bonds. The first-order valence-corrected chi connectivity index (χ1v) is 6.27. The van der Waals surface area contributed by atoms with Crippen molar-refractivity contribution in [3.05, 3.63) is 23.4 Å². The molecule has 1 aliphatic rings. The predicted octanol–water partition coefficient (Wildman–Crippen LogP) is 2.95. The SMILES string of the molecule is Cc1c[nH]c2c(O)cc3c(c12)[C@H](CCl)CN3C. The summed E-state index contributed by atoms with van der Waals surface area (Å²) in [4.78, 5) is 5.29. The number of benzene rings is 1. The molecular formula is C13H15ClN2O. The molecule has 0 saturated heterocycles. The number of phenols is 1. The lowest BCUT2D eigenvalue weighted by molar-refractivity contribution is 0.480. The molecule has 2 N–H and O–H groups in total. The summed E-state index contributed by atoms with van der Waals surface area (Å²) in [6.07, 6.45) is 1.94. The van der Waals surface area contributed by atoms with Gasteiger partial charge in [0.05, 0.1) is 5.52 Å². The van der Waals surface area contributed by atoms with Crippen molar-refractivity contribution >= 4 is 28.2 Å². The number of hydrogen-bond donors (Lipinski definition) is 2. The van der Waals surface area contributed by atoms with Gasteiger partial charge in [0.2, 0.25) is 0 Å². The maximum Gasteiger partial charge on any atom is 0.141 e. The normalized spacial score (nSPS) is 19.0. The smallest absolute Gasteiger partial charge is 0.141 e. The molecule has 4 heteroatoms. The minimum absolute atomic E-state index is 0.314. The van der Waals surface area contributed by atoms with Crippen LogP contribution < -0.4 is 4.90 Å². The van der Waals surface area contributed by atoms with Crippen LogP contribution in [0.25, 0.3) is 10.9 Å². The van der Waals surface area contributed by atoms with Crippen molar-refractivity contribution in [2.45, 2.75) is 12.8 Å². The van der Waals surface area contributed by atoms with Crippen LogP contribution >= 0.6 is 11.6 Å². The monoisotopic (exact) mass is 250 g/mol. The van der Waals surface area contributed by atoms with E-state index < -0.39 is 0 Å². The highest BCUT2D eigenvalue weighted by atomic mass is 35.5. The number of aryl methyl sites for hydroxylation is 1. The van der Waals surface area contributed by atoms with E-state index in [0.717, 1.165) is 28.7 Å². The Morgan fingerprint density at radius 1 is 1.59 bits per heavy atom. The fourth-order valence-corrected chi connectivity index (χ4v) is 3.11. The Morgan fingerprint density at radius 3 is 3.06 bits per heavy atom. The van der Waals surface area contributed by atoms with E-state index in [1.807, 2.05) is 19.3 Å². The highest BCUT2D eigenvalue weighted by molar-refractivity contribution is 6.18. The molecule has 90 valence electrons. The summed E-state index contributed by atoms with van der Waals surface area (Å²) in [5.74, 6) is 1.27. The summed E-state index contributed by atoms with van der Waals surface area (Å²) >= 11 is 6.06. The number of nitrogens with zero attached hydrogens (tertiary/aromatic N) is 1. The molecule has 17 heavy (non-hydrogen) atoms. The van der Waals surface area contributed by atoms with Gasteiger partial charge in [0, 0.05) is 48.7 Å². The lowest BCUT2D eigenvalue weighted by Crippen LogP contribution is -2.15. The number of likely N-dealkylation sites (N-methyl/N-ethyl adjacent to an activating group) is 1. The number of aromatic amines is 1. The molecule has 0 fully saturated rings. The first-order chi connectivity index (χ1) is 8.13. The van der Waals surface area contributed by atoms with Crippen molar-refractivity contribution in [2.75, 3.05) is 24.4 Å². The third kappa shape index (κ3) is 1.35. The van der Waals surface area contributed by atoms with E-state index in [-0.39, 0.29) is 0 Å². The Bertz CT molecular complexity index is 591. The van der Waals surface area contributed by atoms with E-state index in [1.54, 1.807) is 0 Å². The summed E-state index contributed by atoms with van der Waals surface area (Å²) in [5.41, 5.74) is 4.36. The Labute approximate surface area is 105 Å². The average molecular weight is 251 g/mol. The third-order valence-electron chi connectivity index (χ3n) is 3.65. The molecule has 0 aliphatic carbocycles. The second kappa shape index (κ2) is 3.57. The topological polar surface area (TPSA) is 39.3 Å². The standard InChI is InChI=1S/C13H15ClN2O/c1-7-5-15-13-10(17)3-9-12(11(7)13)8(4-14)6-16(9)2/h3,5,8,15,17H,4,6H2,1-2H3/t8-/m1/s1. The van der Waals surface area contributed by atoms with E-state index in [1.165, 1.54) is 5.56 Å². The number of halogens is 1. The molecule has 2 heterocycles. The quantitative estimate of drug-likeness (QED) is 0.764. The largest absolute Gasteiger partial charge is 0.506 e. The molecular weight excluding hydrogens is 236 g/mol. The number of fused-ring (bicyclic) bond motifs is 3. The zero-order valence-corrected chi connectivity index (χ0v) is 10.7. The van der Waals surface area contributed by atoms with Crippen molar-refractivity contribution < 1.29 is 5.11 Å². The Balaban J connectivity index is 2.41. The minimum atomic E-state index is 0.314. The van der Waals surface area contributed by atoms with Gasteiger partial charge in [-0.05, 0) is 18.1 Å². The molecule has 0 saturated carbocycles. The van der Waals surface area contributed by atoms with Gasteiger partial charge in [0.15, 0.2) is 0 Å². The second-order valence-electron chi connectivity index (χ2n) is 4.78. The van der Waals surface area contributed by atoms with Crippen LogP contribution in [0.1, 0.15) is 17.0 Å². The number of aromatic hydroxyl groups is 1. The van der Waals surface area contributed by atoms with Crippen LogP contribution in [0.4, 0.5) is 5.69 Å². The minimum Gasteiger partial charge on any atom is -0.506 e. The lowest BCUT2D eigenvalue weighted by Gasteiger charge is -2.12. The van der Waals surface area contributed by atoms with Crippen LogP contribution in [0.3, 0.4) is 0 Å². The van der Waals surface area contributed by atoms with Crippen LogP contribution in [0.15, 0.2) is 12.3 Å². The van der Waals surface area contributed by atoms with Gasteiger partial charge in [0.25, 0.3) is 0 Å². The van der Waals surface area contributed by atoms with E-state index in [2.05, 4.69) is 16.8 Å². The van der Waals surface area contributed by atoms with Crippen molar-refractivity contribution in [3.8, 4) is 5.75 Å². The molecule has 0 spiro atoms. The summed E-state index contributed by atoms with van der Waals surface area (Å²) in [6.45, 7) is 2.98. The highest BCUT2D eigenvalue weighted by Crippen LogP contribution is 2.45. The van der Waals surface area contributed by atoms with Gasteiger partial charge >= 0.3 is 0 Å². The first-order valence-electron chi connectivity index (χ1n) is 5.74. The van der Waals surface area contributed by atoms with E-state index >= 15 is 0 Å². The molecule has 0 radical (unpaired) electrons. The third-order valence-corrected chi connectivity index (χ3v) is 4.02. The number of H-pyrrole nitrogens is 1. The van der Waals surface area contributed by atoms with Gasteiger partial charge in [-0.15, -0.1) is 11.6 Å². The van der Waals surface area contributed by atoms with Crippen LogP contribution in [0.5, 0.6) is 5.75 Å². The zero-order valence-electron chi connectivity index (χ0n) is 9.92. The van der Waals surface area contributed by atoms with Crippen LogP contribution in [0, 0.1) is 6.92 Å². The fourth-order valence-electron chi connectivity index (χ4n) is 2.85.